The summed E-state index contributed by atoms with van der Waals surface area (Å²) < 4.78 is 0. The van der Waals surface area contributed by atoms with Crippen LogP contribution in [0.2, 0.25) is 0 Å². The summed E-state index contributed by atoms with van der Waals surface area (Å²) in [4.78, 5) is 15.7. The van der Waals surface area contributed by atoms with Crippen LogP contribution in [0.15, 0.2) is 18.2 Å². The lowest BCUT2D eigenvalue weighted by atomic mass is 10.1. The molecule has 1 aromatic rings. The molecule has 1 amide bonds. The Morgan fingerprint density at radius 3 is 2.29 bits per heavy atom. The molecule has 17 heavy (non-hydrogen) atoms. The van der Waals surface area contributed by atoms with Gasteiger partial charge < -0.3 is 15.5 Å². The molecule has 0 fully saturated rings. The van der Waals surface area contributed by atoms with Gasteiger partial charge in [-0.1, -0.05) is 0 Å². The van der Waals surface area contributed by atoms with Crippen LogP contribution in [0.25, 0.3) is 0 Å². The van der Waals surface area contributed by atoms with E-state index >= 15 is 0 Å². The van der Waals surface area contributed by atoms with Crippen molar-refractivity contribution in [3.63, 3.8) is 0 Å². The summed E-state index contributed by atoms with van der Waals surface area (Å²) in [6, 6.07) is 5.61. The number of nitrogens with two attached hydrogens (primary N) is 1. The number of benzene rings is 1. The van der Waals surface area contributed by atoms with Crippen molar-refractivity contribution in [3.8, 4) is 0 Å². The maximum Gasteiger partial charge on any atom is 0.255 e. The maximum atomic E-state index is 11.9. The molecule has 1 rings (SSSR count). The highest BCUT2D eigenvalue weighted by atomic mass is 16.2. The Balaban J connectivity index is 3.14. The molecule has 0 saturated heterocycles. The van der Waals surface area contributed by atoms with Crippen molar-refractivity contribution in [3.05, 3.63) is 23.8 Å². The Bertz CT molecular complexity index is 398. The Hall–Kier alpha value is -1.71. The molecule has 0 unspecified atom stereocenters. The topological polar surface area (TPSA) is 49.6 Å². The van der Waals surface area contributed by atoms with E-state index in [0.717, 1.165) is 18.8 Å². The molecular weight excluding hydrogens is 214 g/mol. The van der Waals surface area contributed by atoms with Gasteiger partial charge in [0.1, 0.15) is 0 Å². The molecule has 0 saturated carbocycles. The number of hydrogen-bond acceptors (Lipinski definition) is 3. The van der Waals surface area contributed by atoms with Crippen LogP contribution in [0.1, 0.15) is 24.2 Å². The van der Waals surface area contributed by atoms with Crippen LogP contribution in [-0.4, -0.2) is 38.0 Å². The van der Waals surface area contributed by atoms with Gasteiger partial charge in [0.25, 0.3) is 5.91 Å². The van der Waals surface area contributed by atoms with Gasteiger partial charge in [-0.05, 0) is 32.0 Å². The van der Waals surface area contributed by atoms with Gasteiger partial charge in [0.05, 0.1) is 5.56 Å². The van der Waals surface area contributed by atoms with Gasteiger partial charge in [0.2, 0.25) is 0 Å². The predicted octanol–water partition coefficient (Wildman–Crippen LogP) is 1.82. The fourth-order valence-corrected chi connectivity index (χ4v) is 1.76. The summed E-state index contributed by atoms with van der Waals surface area (Å²) >= 11 is 0. The first-order valence-corrected chi connectivity index (χ1v) is 5.87. The normalized spacial score (nSPS) is 10.1. The standard InChI is InChI=1S/C13H21N3O/c1-5-16(6-2)10-7-8-12(14)11(9-10)13(17)15(3)4/h7-9H,5-6,14H2,1-4H3. The van der Waals surface area contributed by atoms with Gasteiger partial charge in [-0.3, -0.25) is 4.79 Å². The van der Waals surface area contributed by atoms with Crippen LogP contribution in [-0.2, 0) is 0 Å². The van der Waals surface area contributed by atoms with E-state index in [1.54, 1.807) is 20.2 Å². The van der Waals surface area contributed by atoms with Crippen molar-refractivity contribution in [2.75, 3.05) is 37.8 Å². The fraction of sp³-hybridized carbons (Fsp3) is 0.462. The zero-order chi connectivity index (χ0) is 13.0. The van der Waals surface area contributed by atoms with Crippen molar-refractivity contribution in [2.24, 2.45) is 0 Å². The van der Waals surface area contributed by atoms with E-state index in [1.165, 1.54) is 4.90 Å². The van der Waals surface area contributed by atoms with Gasteiger partial charge in [0.15, 0.2) is 0 Å². The Kier molecular flexibility index (Phi) is 4.37. The van der Waals surface area contributed by atoms with Crippen LogP contribution < -0.4 is 10.6 Å². The van der Waals surface area contributed by atoms with Gasteiger partial charge in [-0.15, -0.1) is 0 Å². The van der Waals surface area contributed by atoms with Crippen LogP contribution in [0.4, 0.5) is 11.4 Å². The summed E-state index contributed by atoms with van der Waals surface area (Å²) in [7, 11) is 3.46. The molecule has 0 heterocycles. The largest absolute Gasteiger partial charge is 0.398 e. The van der Waals surface area contributed by atoms with Crippen LogP contribution >= 0.6 is 0 Å². The third kappa shape index (κ3) is 2.90. The highest BCUT2D eigenvalue weighted by Crippen LogP contribution is 2.22. The molecule has 94 valence electrons. The average molecular weight is 235 g/mol. The predicted molar refractivity (Wildman–Crippen MR) is 72.4 cm³/mol. The van der Waals surface area contributed by atoms with E-state index < -0.39 is 0 Å². The Morgan fingerprint density at radius 2 is 1.82 bits per heavy atom. The lowest BCUT2D eigenvalue weighted by Crippen LogP contribution is -2.25. The molecule has 0 atom stereocenters. The molecular formula is C13H21N3O. The van der Waals surface area contributed by atoms with Crippen molar-refractivity contribution in [1.82, 2.24) is 4.90 Å². The van der Waals surface area contributed by atoms with Crippen molar-refractivity contribution in [2.45, 2.75) is 13.8 Å². The maximum absolute atomic E-state index is 11.9. The minimum atomic E-state index is -0.0588. The molecule has 4 nitrogen and oxygen atoms in total. The molecule has 0 radical (unpaired) electrons. The molecule has 0 spiro atoms. The Morgan fingerprint density at radius 1 is 1.24 bits per heavy atom. The number of nitrogens with zero attached hydrogens (tertiary/aromatic N) is 2. The number of hydrogen-bond donors (Lipinski definition) is 1. The fourth-order valence-electron chi connectivity index (χ4n) is 1.76. The second-order valence-electron chi connectivity index (χ2n) is 4.14. The van der Waals surface area contributed by atoms with Gasteiger partial charge in [-0.25, -0.2) is 0 Å². The molecule has 4 heteroatoms. The van der Waals surface area contributed by atoms with E-state index in [4.69, 9.17) is 5.73 Å². The second-order valence-corrected chi connectivity index (χ2v) is 4.14. The number of carbonyl (C=O) groups excluding carboxylic acids is 1. The molecule has 0 aromatic heterocycles. The summed E-state index contributed by atoms with van der Waals surface area (Å²) in [5, 5.41) is 0. The smallest absolute Gasteiger partial charge is 0.255 e. The minimum absolute atomic E-state index is 0.0588. The SMILES string of the molecule is CCN(CC)c1ccc(N)c(C(=O)N(C)C)c1. The van der Waals surface area contributed by atoms with Crippen LogP contribution in [0.3, 0.4) is 0 Å². The third-order valence-corrected chi connectivity index (χ3v) is 2.80. The van der Waals surface area contributed by atoms with Crippen molar-refractivity contribution < 1.29 is 4.79 Å². The molecule has 1 aromatic carbocycles. The lowest BCUT2D eigenvalue weighted by Gasteiger charge is -2.22. The van der Waals surface area contributed by atoms with E-state index in [9.17, 15) is 4.79 Å². The molecule has 2 N–H and O–H groups in total. The summed E-state index contributed by atoms with van der Waals surface area (Å²) in [6.07, 6.45) is 0. The first-order valence-electron chi connectivity index (χ1n) is 5.87. The molecule has 0 aliphatic rings. The monoisotopic (exact) mass is 235 g/mol. The number of nitrogen functional groups attached to an aromatic ring is 1. The van der Waals surface area contributed by atoms with Crippen molar-refractivity contribution >= 4 is 17.3 Å². The van der Waals surface area contributed by atoms with Gasteiger partial charge >= 0.3 is 0 Å². The van der Waals surface area contributed by atoms with Crippen molar-refractivity contribution in [1.29, 1.82) is 0 Å². The number of anilines is 2. The lowest BCUT2D eigenvalue weighted by molar-refractivity contribution is 0.0828. The number of amides is 1. The number of carbonyl (C=O) groups is 1. The average Bonchev–Trinajstić information content (AvgIpc) is 2.31. The van der Waals surface area contributed by atoms with Crippen LogP contribution in [0.5, 0.6) is 0 Å². The quantitative estimate of drug-likeness (QED) is 0.810. The first kappa shape index (κ1) is 13.4. The van der Waals surface area contributed by atoms with E-state index in [0.29, 0.717) is 11.3 Å². The molecule has 0 aliphatic carbocycles. The highest BCUT2D eigenvalue weighted by molar-refractivity contribution is 5.99. The summed E-state index contributed by atoms with van der Waals surface area (Å²) in [5.41, 5.74) is 7.98. The summed E-state index contributed by atoms with van der Waals surface area (Å²) in [6.45, 7) is 6.01. The second kappa shape index (κ2) is 5.57. The van der Waals surface area contributed by atoms with E-state index in [1.807, 2.05) is 12.1 Å². The highest BCUT2D eigenvalue weighted by Gasteiger charge is 2.13. The Labute approximate surface area is 103 Å². The molecule has 0 bridgehead atoms. The van der Waals surface area contributed by atoms with Gasteiger partial charge in [0, 0.05) is 38.6 Å². The molecule has 0 aliphatic heterocycles. The van der Waals surface area contributed by atoms with E-state index in [2.05, 4.69) is 18.7 Å². The summed E-state index contributed by atoms with van der Waals surface area (Å²) in [5.74, 6) is -0.0588. The van der Waals surface area contributed by atoms with Gasteiger partial charge in [-0.2, -0.15) is 0 Å². The zero-order valence-corrected chi connectivity index (χ0v) is 11.0. The minimum Gasteiger partial charge on any atom is -0.398 e. The van der Waals surface area contributed by atoms with E-state index in [-0.39, 0.29) is 5.91 Å². The zero-order valence-electron chi connectivity index (χ0n) is 11.0. The number of rotatable bonds is 4. The van der Waals surface area contributed by atoms with Crippen LogP contribution in [0, 0.1) is 0 Å². The third-order valence-electron chi connectivity index (χ3n) is 2.80. The first-order chi connectivity index (χ1) is 8.01.